The predicted molar refractivity (Wildman–Crippen MR) is 51.5 cm³/mol. The maximum Gasteiger partial charge on any atom is 0.306 e. The second-order valence-corrected chi connectivity index (χ2v) is 3.66. The first-order valence-corrected chi connectivity index (χ1v) is 5.05. The van der Waals surface area contributed by atoms with E-state index in [-0.39, 0.29) is 5.97 Å². The molecule has 0 unspecified atom stereocenters. The number of esters is 1. The average molecular weight is 185 g/mol. The second-order valence-electron chi connectivity index (χ2n) is 3.66. The topological polar surface area (TPSA) is 29.5 Å². The number of hydrogen-bond donors (Lipinski definition) is 0. The molecule has 1 aliphatic carbocycles. The van der Waals surface area contributed by atoms with E-state index in [4.69, 9.17) is 0 Å². The van der Waals surface area contributed by atoms with Gasteiger partial charge in [-0.25, -0.2) is 0 Å². The number of rotatable bonds is 6. The van der Waals surface area contributed by atoms with Crippen molar-refractivity contribution in [3.63, 3.8) is 0 Å². The zero-order valence-corrected chi connectivity index (χ0v) is 8.58. The van der Waals surface area contributed by atoms with Crippen LogP contribution in [0.5, 0.6) is 0 Å². The first-order valence-electron chi connectivity index (χ1n) is 5.05. The Kier molecular flexibility index (Phi) is 4.22. The molecule has 13 heavy (non-hydrogen) atoms. The van der Waals surface area contributed by atoms with Crippen LogP contribution in [-0.4, -0.2) is 37.6 Å². The van der Waals surface area contributed by atoms with Crippen LogP contribution in [0, 0.1) is 5.92 Å². The van der Waals surface area contributed by atoms with Gasteiger partial charge >= 0.3 is 5.97 Å². The number of carbonyl (C=O) groups is 1. The van der Waals surface area contributed by atoms with Crippen LogP contribution in [0.1, 0.15) is 26.2 Å². The molecule has 0 atom stereocenters. The van der Waals surface area contributed by atoms with Crippen molar-refractivity contribution < 1.29 is 9.53 Å². The van der Waals surface area contributed by atoms with Gasteiger partial charge in [-0.2, -0.15) is 0 Å². The summed E-state index contributed by atoms with van der Waals surface area (Å²) in [7, 11) is 1.44. The first-order chi connectivity index (χ1) is 6.26. The molecule has 1 rings (SSSR count). The highest BCUT2D eigenvalue weighted by molar-refractivity contribution is 5.69. The average Bonchev–Trinajstić information content (AvgIpc) is 2.95. The molecule has 1 aliphatic rings. The molecule has 76 valence electrons. The van der Waals surface area contributed by atoms with Crippen molar-refractivity contribution in [1.29, 1.82) is 0 Å². The molecule has 3 nitrogen and oxygen atoms in total. The normalized spacial score (nSPS) is 16.2. The van der Waals surface area contributed by atoms with E-state index >= 15 is 0 Å². The van der Waals surface area contributed by atoms with Crippen LogP contribution in [0.4, 0.5) is 0 Å². The van der Waals surface area contributed by atoms with Crippen molar-refractivity contribution in [3.8, 4) is 0 Å². The zero-order valence-electron chi connectivity index (χ0n) is 8.58. The first kappa shape index (κ1) is 10.5. The van der Waals surface area contributed by atoms with Crippen molar-refractivity contribution in [3.05, 3.63) is 0 Å². The summed E-state index contributed by atoms with van der Waals surface area (Å²) < 4.78 is 4.60. The summed E-state index contributed by atoms with van der Waals surface area (Å²) in [6, 6.07) is 0. The highest BCUT2D eigenvalue weighted by Crippen LogP contribution is 2.29. The Hall–Kier alpha value is -0.570. The van der Waals surface area contributed by atoms with E-state index in [2.05, 4.69) is 16.6 Å². The molecule has 0 aromatic carbocycles. The fourth-order valence-corrected chi connectivity index (χ4v) is 1.40. The SMILES string of the molecule is CCN(CCC(=O)OC)CC1CC1. The van der Waals surface area contributed by atoms with Gasteiger partial charge in [0.15, 0.2) is 0 Å². The lowest BCUT2D eigenvalue weighted by molar-refractivity contribution is -0.141. The van der Waals surface area contributed by atoms with Gasteiger partial charge in [-0.3, -0.25) is 4.79 Å². The number of nitrogens with zero attached hydrogens (tertiary/aromatic N) is 1. The van der Waals surface area contributed by atoms with Gasteiger partial charge in [-0.1, -0.05) is 6.92 Å². The Labute approximate surface area is 80.1 Å². The Morgan fingerprint density at radius 1 is 1.54 bits per heavy atom. The van der Waals surface area contributed by atoms with Crippen LogP contribution < -0.4 is 0 Å². The molecule has 0 aromatic heterocycles. The van der Waals surface area contributed by atoms with Crippen molar-refractivity contribution in [2.75, 3.05) is 26.7 Å². The van der Waals surface area contributed by atoms with Gasteiger partial charge in [0.1, 0.15) is 0 Å². The molecular formula is C10H19NO2. The quantitative estimate of drug-likeness (QED) is 0.584. The minimum atomic E-state index is -0.103. The molecule has 0 aromatic rings. The molecule has 0 N–H and O–H groups in total. The summed E-state index contributed by atoms with van der Waals surface area (Å²) in [6.07, 6.45) is 3.26. The van der Waals surface area contributed by atoms with Crippen LogP contribution in [0.3, 0.4) is 0 Å². The largest absolute Gasteiger partial charge is 0.469 e. The molecule has 0 amide bonds. The van der Waals surface area contributed by atoms with Crippen LogP contribution >= 0.6 is 0 Å². The lowest BCUT2D eigenvalue weighted by Gasteiger charge is -2.18. The molecule has 0 bridgehead atoms. The fourth-order valence-electron chi connectivity index (χ4n) is 1.40. The van der Waals surface area contributed by atoms with Crippen molar-refractivity contribution in [1.82, 2.24) is 4.90 Å². The van der Waals surface area contributed by atoms with Gasteiger partial charge < -0.3 is 9.64 Å². The molecule has 3 heteroatoms. The van der Waals surface area contributed by atoms with Crippen LogP contribution in [0.25, 0.3) is 0 Å². The number of ether oxygens (including phenoxy) is 1. The standard InChI is InChI=1S/C10H19NO2/c1-3-11(8-9-4-5-9)7-6-10(12)13-2/h9H,3-8H2,1-2H3. The second kappa shape index (κ2) is 5.22. The van der Waals surface area contributed by atoms with Gasteiger partial charge in [0.25, 0.3) is 0 Å². The highest BCUT2D eigenvalue weighted by Gasteiger charge is 2.23. The van der Waals surface area contributed by atoms with Crippen LogP contribution in [0.2, 0.25) is 0 Å². The van der Waals surface area contributed by atoms with Crippen molar-refractivity contribution >= 4 is 5.97 Å². The molecule has 0 aliphatic heterocycles. The van der Waals surface area contributed by atoms with Gasteiger partial charge in [-0.15, -0.1) is 0 Å². The maximum atomic E-state index is 10.9. The summed E-state index contributed by atoms with van der Waals surface area (Å²) in [5, 5.41) is 0. The summed E-state index contributed by atoms with van der Waals surface area (Å²) >= 11 is 0. The van der Waals surface area contributed by atoms with E-state index in [1.54, 1.807) is 0 Å². The lowest BCUT2D eigenvalue weighted by Crippen LogP contribution is -2.28. The molecular weight excluding hydrogens is 166 g/mol. The van der Waals surface area contributed by atoms with Gasteiger partial charge in [0.05, 0.1) is 13.5 Å². The fraction of sp³-hybridized carbons (Fsp3) is 0.900. The molecule has 0 spiro atoms. The number of carbonyl (C=O) groups excluding carboxylic acids is 1. The van der Waals surface area contributed by atoms with E-state index in [1.807, 2.05) is 0 Å². The van der Waals surface area contributed by atoms with Gasteiger partial charge in [-0.05, 0) is 25.3 Å². The molecule has 1 fully saturated rings. The third-order valence-electron chi connectivity index (χ3n) is 2.52. The summed E-state index contributed by atoms with van der Waals surface area (Å²) in [5.41, 5.74) is 0. The Morgan fingerprint density at radius 3 is 2.69 bits per heavy atom. The maximum absolute atomic E-state index is 10.9. The van der Waals surface area contributed by atoms with E-state index < -0.39 is 0 Å². The summed E-state index contributed by atoms with van der Waals surface area (Å²) in [6.45, 7) is 5.18. The van der Waals surface area contributed by atoms with Gasteiger partial charge in [0.2, 0.25) is 0 Å². The van der Waals surface area contributed by atoms with Crippen LogP contribution in [-0.2, 0) is 9.53 Å². The highest BCUT2D eigenvalue weighted by atomic mass is 16.5. The van der Waals surface area contributed by atoms with E-state index in [9.17, 15) is 4.79 Å². The van der Waals surface area contributed by atoms with Gasteiger partial charge in [0, 0.05) is 13.1 Å². The number of hydrogen-bond acceptors (Lipinski definition) is 3. The van der Waals surface area contributed by atoms with E-state index in [0.717, 1.165) is 25.6 Å². The minimum Gasteiger partial charge on any atom is -0.469 e. The predicted octanol–water partition coefficient (Wildman–Crippen LogP) is 1.28. The Morgan fingerprint density at radius 2 is 2.23 bits per heavy atom. The monoisotopic (exact) mass is 185 g/mol. The third kappa shape index (κ3) is 4.27. The minimum absolute atomic E-state index is 0.103. The Bertz CT molecular complexity index is 166. The Balaban J connectivity index is 2.10. The molecule has 1 saturated carbocycles. The molecule has 0 radical (unpaired) electrons. The number of methoxy groups -OCH3 is 1. The van der Waals surface area contributed by atoms with Crippen LogP contribution in [0.15, 0.2) is 0 Å². The van der Waals surface area contributed by atoms with E-state index in [1.165, 1.54) is 20.0 Å². The summed E-state index contributed by atoms with van der Waals surface area (Å²) in [4.78, 5) is 13.2. The summed E-state index contributed by atoms with van der Waals surface area (Å²) in [5.74, 6) is 0.798. The third-order valence-corrected chi connectivity index (χ3v) is 2.52. The molecule has 0 saturated heterocycles. The smallest absolute Gasteiger partial charge is 0.306 e. The molecule has 0 heterocycles. The lowest BCUT2D eigenvalue weighted by atomic mass is 10.3. The zero-order chi connectivity index (χ0) is 9.68. The van der Waals surface area contributed by atoms with Crippen molar-refractivity contribution in [2.24, 2.45) is 5.92 Å². The van der Waals surface area contributed by atoms with E-state index in [0.29, 0.717) is 6.42 Å². The van der Waals surface area contributed by atoms with Crippen molar-refractivity contribution in [2.45, 2.75) is 26.2 Å².